The first-order valence-electron chi connectivity index (χ1n) is 15.7. The molecular weight excluding hydrogens is 532 g/mol. The molecule has 0 spiro atoms. The van der Waals surface area contributed by atoms with Crippen LogP contribution in [-0.2, 0) is 12.8 Å². The molecule has 8 aromatic rings. The number of aromatic nitrogens is 2. The van der Waals surface area contributed by atoms with Crippen LogP contribution in [0.5, 0.6) is 0 Å². The predicted octanol–water partition coefficient (Wildman–Crippen LogP) is 10.9. The lowest BCUT2D eigenvalue weighted by Crippen LogP contribution is -2.06. The maximum Gasteiger partial charge on any atom is 0.0562 e. The van der Waals surface area contributed by atoms with Gasteiger partial charge in [-0.1, -0.05) is 103 Å². The minimum absolute atomic E-state index is 1.12. The van der Waals surface area contributed by atoms with E-state index in [-0.39, 0.29) is 0 Å². The molecule has 0 fully saturated rings. The van der Waals surface area contributed by atoms with Crippen molar-refractivity contribution in [3.63, 3.8) is 0 Å². The second kappa shape index (κ2) is 10.1. The second-order valence-corrected chi connectivity index (χ2v) is 12.0. The summed E-state index contributed by atoms with van der Waals surface area (Å²) in [5, 5.41) is 4.04. The Balaban J connectivity index is 1.27. The van der Waals surface area contributed by atoms with Crippen molar-refractivity contribution in [1.29, 1.82) is 0 Å². The molecule has 2 heterocycles. The van der Waals surface area contributed by atoms with Crippen molar-refractivity contribution in [3.8, 4) is 33.6 Å². The van der Waals surface area contributed by atoms with Crippen molar-refractivity contribution < 1.29 is 0 Å². The molecule has 2 nitrogen and oxygen atoms in total. The fourth-order valence-corrected chi connectivity index (χ4v) is 7.44. The third kappa shape index (κ3) is 3.95. The number of benzene rings is 6. The second-order valence-electron chi connectivity index (χ2n) is 12.0. The minimum atomic E-state index is 1.12. The van der Waals surface area contributed by atoms with Crippen LogP contribution in [0.1, 0.15) is 24.1 Å². The van der Waals surface area contributed by atoms with Crippen molar-refractivity contribution in [3.05, 3.63) is 157 Å². The highest BCUT2D eigenvalue weighted by Gasteiger charge is 2.23. The van der Waals surface area contributed by atoms with Crippen molar-refractivity contribution in [2.45, 2.75) is 25.7 Å². The molecule has 0 atom stereocenters. The van der Waals surface area contributed by atoms with Gasteiger partial charge in [-0.2, -0.15) is 0 Å². The number of hydrogen-bond donors (Lipinski definition) is 0. The molecule has 0 unspecified atom stereocenters. The smallest absolute Gasteiger partial charge is 0.0562 e. The van der Waals surface area contributed by atoms with Crippen molar-refractivity contribution in [2.24, 2.45) is 0 Å². The van der Waals surface area contributed by atoms with Crippen LogP contribution in [0.25, 0.3) is 66.3 Å². The van der Waals surface area contributed by atoms with E-state index in [4.69, 9.17) is 0 Å². The Morgan fingerprint density at radius 1 is 0.364 bits per heavy atom. The van der Waals surface area contributed by atoms with Crippen LogP contribution < -0.4 is 0 Å². The zero-order valence-corrected chi connectivity index (χ0v) is 24.6. The molecule has 0 amide bonds. The topological polar surface area (TPSA) is 9.86 Å². The molecule has 0 bridgehead atoms. The Labute approximate surface area is 257 Å². The molecule has 2 heteroatoms. The van der Waals surface area contributed by atoms with E-state index >= 15 is 0 Å². The molecule has 0 aliphatic heterocycles. The Hall–Kier alpha value is -5.34. The van der Waals surface area contributed by atoms with Gasteiger partial charge in [0.1, 0.15) is 0 Å². The Kier molecular flexibility index (Phi) is 5.80. The summed E-state index contributed by atoms with van der Waals surface area (Å²) >= 11 is 0. The lowest BCUT2D eigenvalue weighted by molar-refractivity contribution is 0.667. The molecule has 0 N–H and O–H groups in total. The van der Waals surface area contributed by atoms with E-state index in [9.17, 15) is 0 Å². The van der Waals surface area contributed by atoms with Gasteiger partial charge in [0.2, 0.25) is 0 Å². The molecule has 1 aliphatic carbocycles. The maximum absolute atomic E-state index is 2.55. The summed E-state index contributed by atoms with van der Waals surface area (Å²) in [6.45, 7) is 0. The third-order valence-corrected chi connectivity index (χ3v) is 9.53. The van der Waals surface area contributed by atoms with Gasteiger partial charge in [0.05, 0.1) is 16.6 Å². The fraction of sp³-hybridized carbons (Fsp3) is 0.0952. The number of rotatable bonds is 4. The van der Waals surface area contributed by atoms with E-state index in [0.717, 1.165) is 12.8 Å². The molecular formula is C42H32N2. The fourth-order valence-electron chi connectivity index (χ4n) is 7.44. The van der Waals surface area contributed by atoms with E-state index in [1.54, 1.807) is 0 Å². The van der Waals surface area contributed by atoms with Crippen LogP contribution in [-0.4, -0.2) is 9.13 Å². The largest absolute Gasteiger partial charge is 0.313 e. The van der Waals surface area contributed by atoms with Gasteiger partial charge < -0.3 is 9.13 Å². The number of para-hydroxylation sites is 1. The van der Waals surface area contributed by atoms with Crippen molar-refractivity contribution in [1.82, 2.24) is 9.13 Å². The van der Waals surface area contributed by atoms with Crippen LogP contribution in [0.4, 0.5) is 0 Å². The predicted molar refractivity (Wildman–Crippen MR) is 185 cm³/mol. The molecule has 210 valence electrons. The molecule has 9 rings (SSSR count). The van der Waals surface area contributed by atoms with Gasteiger partial charge in [-0.25, -0.2) is 0 Å². The average Bonchev–Trinajstić information content (AvgIpc) is 3.60. The summed E-state index contributed by atoms with van der Waals surface area (Å²) in [5.41, 5.74) is 14.2. The Morgan fingerprint density at radius 3 is 1.55 bits per heavy atom. The highest BCUT2D eigenvalue weighted by atomic mass is 15.0. The lowest BCUT2D eigenvalue weighted by Gasteiger charge is -2.16. The number of nitrogens with zero attached hydrogens (tertiary/aromatic N) is 2. The van der Waals surface area contributed by atoms with Crippen molar-refractivity contribution >= 4 is 32.7 Å². The van der Waals surface area contributed by atoms with Gasteiger partial charge in [-0.05, 0) is 96.0 Å². The van der Waals surface area contributed by atoms with Gasteiger partial charge in [0.15, 0.2) is 0 Å². The van der Waals surface area contributed by atoms with Crippen molar-refractivity contribution in [2.75, 3.05) is 0 Å². The zero-order chi connectivity index (χ0) is 29.0. The quantitative estimate of drug-likeness (QED) is 0.201. The SMILES string of the molecule is c1ccc(-c2ccc(-n3c4c(c5cc6c7ccccc7n(-c7ccc(-c8ccccc8)cc7)c6cc53)CCCC4)cc2)cc1. The molecule has 1 aliphatic rings. The molecule has 0 saturated carbocycles. The van der Waals surface area contributed by atoms with E-state index < -0.39 is 0 Å². The first-order chi connectivity index (χ1) is 21.8. The highest BCUT2D eigenvalue weighted by molar-refractivity contribution is 6.14. The van der Waals surface area contributed by atoms with Crippen LogP contribution in [0.2, 0.25) is 0 Å². The molecule has 0 saturated heterocycles. The summed E-state index contributed by atoms with van der Waals surface area (Å²) in [6, 6.07) is 53.3. The summed E-state index contributed by atoms with van der Waals surface area (Å²) in [4.78, 5) is 0. The molecule has 6 aromatic carbocycles. The van der Waals surface area contributed by atoms with E-state index in [1.807, 2.05) is 0 Å². The van der Waals surface area contributed by atoms with Crippen LogP contribution in [0, 0.1) is 0 Å². The van der Waals surface area contributed by atoms with Gasteiger partial charge in [0, 0.05) is 33.2 Å². The Morgan fingerprint density at radius 2 is 0.886 bits per heavy atom. The number of aryl methyl sites for hydroxylation is 1. The van der Waals surface area contributed by atoms with Gasteiger partial charge in [-0.3, -0.25) is 0 Å². The van der Waals surface area contributed by atoms with Gasteiger partial charge in [-0.15, -0.1) is 0 Å². The van der Waals surface area contributed by atoms with E-state index in [2.05, 4.69) is 155 Å². The van der Waals surface area contributed by atoms with E-state index in [1.165, 1.54) is 90.4 Å². The van der Waals surface area contributed by atoms with Crippen LogP contribution >= 0.6 is 0 Å². The normalized spacial score (nSPS) is 13.1. The summed E-state index contributed by atoms with van der Waals surface area (Å²) in [6.07, 6.45) is 4.77. The summed E-state index contributed by atoms with van der Waals surface area (Å²) < 4.78 is 5.01. The minimum Gasteiger partial charge on any atom is -0.313 e. The number of hydrogen-bond acceptors (Lipinski definition) is 0. The third-order valence-electron chi connectivity index (χ3n) is 9.53. The van der Waals surface area contributed by atoms with E-state index in [0.29, 0.717) is 0 Å². The van der Waals surface area contributed by atoms with Gasteiger partial charge >= 0.3 is 0 Å². The molecule has 0 radical (unpaired) electrons. The maximum atomic E-state index is 2.55. The zero-order valence-electron chi connectivity index (χ0n) is 24.6. The summed E-state index contributed by atoms with van der Waals surface area (Å²) in [7, 11) is 0. The monoisotopic (exact) mass is 564 g/mol. The van der Waals surface area contributed by atoms with Crippen LogP contribution in [0.15, 0.2) is 146 Å². The highest BCUT2D eigenvalue weighted by Crippen LogP contribution is 2.41. The standard InChI is InChI=1S/C42H32N2/c1-3-11-29(12-4-1)31-19-23-33(24-20-31)43-39-17-9-7-15-35(39)37-27-38-36-16-8-10-18-40(36)44(42(38)28-41(37)43)34-25-21-32(22-26-34)30-13-5-2-6-14-30/h1-7,9,11-15,17,19-28H,8,10,16,18H2. The Bertz CT molecular complexity index is 2290. The molecule has 2 aromatic heterocycles. The molecule has 44 heavy (non-hydrogen) atoms. The lowest BCUT2D eigenvalue weighted by atomic mass is 9.95. The first-order valence-corrected chi connectivity index (χ1v) is 15.7. The van der Waals surface area contributed by atoms with Gasteiger partial charge in [0.25, 0.3) is 0 Å². The van der Waals surface area contributed by atoms with Crippen LogP contribution in [0.3, 0.4) is 0 Å². The first kappa shape index (κ1) is 25.2. The average molecular weight is 565 g/mol. The number of fused-ring (bicyclic) bond motifs is 6. The summed E-state index contributed by atoms with van der Waals surface area (Å²) in [5.74, 6) is 0.